The molecule has 2 aromatic carbocycles. The first kappa shape index (κ1) is 20.0. The zero-order valence-electron chi connectivity index (χ0n) is 17.5. The minimum Gasteiger partial charge on any atom is -0.378 e. The first-order valence-electron chi connectivity index (χ1n) is 10.5. The maximum Gasteiger partial charge on any atom is 0.335 e. The second-order valence-electron chi connectivity index (χ2n) is 7.58. The minimum absolute atomic E-state index is 0.105. The van der Waals surface area contributed by atoms with Crippen molar-refractivity contribution in [3.8, 4) is 5.69 Å². The van der Waals surface area contributed by atoms with E-state index >= 15 is 0 Å². The Kier molecular flexibility index (Phi) is 5.43. The van der Waals surface area contributed by atoms with Gasteiger partial charge in [-0.2, -0.15) is 0 Å². The Bertz CT molecular complexity index is 1290. The molecule has 2 aromatic heterocycles. The fraction of sp³-hybridized carbons (Fsp3) is 0.208. The summed E-state index contributed by atoms with van der Waals surface area (Å²) in [6, 6.07) is 20.6. The number of amides is 1. The fourth-order valence-electron chi connectivity index (χ4n) is 3.97. The Morgan fingerprint density at radius 2 is 1.69 bits per heavy atom. The van der Waals surface area contributed by atoms with Crippen molar-refractivity contribution in [2.75, 3.05) is 36.5 Å². The van der Waals surface area contributed by atoms with Crippen molar-refractivity contribution >= 4 is 28.4 Å². The Hall–Kier alpha value is -3.91. The van der Waals surface area contributed by atoms with Crippen molar-refractivity contribution in [3.63, 3.8) is 0 Å². The maximum absolute atomic E-state index is 13.2. The van der Waals surface area contributed by atoms with E-state index in [-0.39, 0.29) is 18.1 Å². The molecule has 0 radical (unpaired) electrons. The maximum atomic E-state index is 13.2. The number of rotatable bonds is 5. The lowest BCUT2D eigenvalue weighted by atomic mass is 10.2. The fourth-order valence-corrected chi connectivity index (χ4v) is 3.97. The average Bonchev–Trinajstić information content (AvgIpc) is 3.12. The normalized spacial score (nSPS) is 13.9. The molecule has 1 aliphatic heterocycles. The minimum atomic E-state index is -0.303. The lowest BCUT2D eigenvalue weighted by Crippen LogP contribution is -2.36. The summed E-state index contributed by atoms with van der Waals surface area (Å²) in [6.07, 6.45) is 1.64. The van der Waals surface area contributed by atoms with Gasteiger partial charge in [-0.05, 0) is 48.5 Å². The molecule has 1 aliphatic rings. The Morgan fingerprint density at radius 3 is 2.44 bits per heavy atom. The van der Waals surface area contributed by atoms with Gasteiger partial charge in [0.2, 0.25) is 5.91 Å². The van der Waals surface area contributed by atoms with E-state index in [1.807, 2.05) is 54.6 Å². The number of pyridine rings is 1. The topological polar surface area (TPSA) is 81.4 Å². The van der Waals surface area contributed by atoms with Crippen LogP contribution in [-0.2, 0) is 16.1 Å². The molecule has 1 amide bonds. The van der Waals surface area contributed by atoms with Crippen molar-refractivity contribution in [3.05, 3.63) is 83.4 Å². The van der Waals surface area contributed by atoms with Gasteiger partial charge in [0.25, 0.3) is 0 Å². The van der Waals surface area contributed by atoms with E-state index < -0.39 is 0 Å². The van der Waals surface area contributed by atoms with Crippen LogP contribution in [-0.4, -0.2) is 46.3 Å². The number of anilines is 2. The Morgan fingerprint density at radius 1 is 0.938 bits per heavy atom. The first-order valence-corrected chi connectivity index (χ1v) is 10.5. The van der Waals surface area contributed by atoms with Gasteiger partial charge in [-0.1, -0.05) is 18.2 Å². The molecule has 32 heavy (non-hydrogen) atoms. The number of hydrogen-bond acceptors (Lipinski definition) is 5. The molecule has 0 aliphatic carbocycles. The van der Waals surface area contributed by atoms with Crippen LogP contribution in [0.1, 0.15) is 0 Å². The number of fused-ring (bicyclic) bond motifs is 1. The smallest absolute Gasteiger partial charge is 0.335 e. The van der Waals surface area contributed by atoms with E-state index in [2.05, 4.69) is 15.2 Å². The van der Waals surface area contributed by atoms with Gasteiger partial charge in [0, 0.05) is 30.7 Å². The van der Waals surface area contributed by atoms with Crippen LogP contribution in [0.25, 0.3) is 16.9 Å². The Labute approximate surface area is 184 Å². The molecule has 1 N–H and O–H groups in total. The van der Waals surface area contributed by atoms with Gasteiger partial charge in [0.15, 0.2) is 5.65 Å². The highest BCUT2D eigenvalue weighted by molar-refractivity contribution is 5.91. The van der Waals surface area contributed by atoms with Crippen molar-refractivity contribution in [2.45, 2.75) is 6.54 Å². The lowest BCUT2D eigenvalue weighted by molar-refractivity contribution is -0.116. The highest BCUT2D eigenvalue weighted by Crippen LogP contribution is 2.19. The largest absolute Gasteiger partial charge is 0.378 e. The molecule has 4 aromatic rings. The summed E-state index contributed by atoms with van der Waals surface area (Å²) in [5.74, 6) is -0.276. The van der Waals surface area contributed by atoms with Gasteiger partial charge in [0.05, 0.1) is 24.4 Å². The van der Waals surface area contributed by atoms with Crippen molar-refractivity contribution < 1.29 is 9.53 Å². The molecule has 162 valence electrons. The molecule has 0 spiro atoms. The number of hydrogen-bond donors (Lipinski definition) is 1. The Balaban J connectivity index is 1.37. The molecule has 3 heterocycles. The zero-order valence-corrected chi connectivity index (χ0v) is 17.5. The highest BCUT2D eigenvalue weighted by Gasteiger charge is 2.18. The predicted octanol–water partition coefficient (Wildman–Crippen LogP) is 2.66. The number of morpholine rings is 1. The number of para-hydroxylation sites is 1. The molecule has 5 rings (SSSR count). The quantitative estimate of drug-likeness (QED) is 0.528. The van der Waals surface area contributed by atoms with E-state index in [9.17, 15) is 9.59 Å². The van der Waals surface area contributed by atoms with Crippen LogP contribution in [0.2, 0.25) is 0 Å². The summed E-state index contributed by atoms with van der Waals surface area (Å²) in [4.78, 5) is 32.6. The summed E-state index contributed by atoms with van der Waals surface area (Å²) >= 11 is 0. The third kappa shape index (κ3) is 3.88. The van der Waals surface area contributed by atoms with Gasteiger partial charge in [-0.3, -0.25) is 9.36 Å². The molecule has 1 saturated heterocycles. The first-order chi connectivity index (χ1) is 15.7. The molecule has 0 atom stereocenters. The van der Waals surface area contributed by atoms with Crippen LogP contribution in [0.3, 0.4) is 0 Å². The number of carbonyl (C=O) groups is 1. The van der Waals surface area contributed by atoms with Crippen LogP contribution in [0.5, 0.6) is 0 Å². The van der Waals surface area contributed by atoms with E-state index in [0.717, 1.165) is 32.0 Å². The molecule has 0 unspecified atom stereocenters. The van der Waals surface area contributed by atoms with Crippen LogP contribution < -0.4 is 15.9 Å². The third-order valence-electron chi connectivity index (χ3n) is 5.53. The van der Waals surface area contributed by atoms with Crippen molar-refractivity contribution in [1.29, 1.82) is 0 Å². The van der Waals surface area contributed by atoms with E-state index in [0.29, 0.717) is 22.5 Å². The van der Waals surface area contributed by atoms with Gasteiger partial charge < -0.3 is 15.0 Å². The number of aromatic nitrogens is 3. The number of carbonyl (C=O) groups excluding carboxylic acids is 1. The number of benzene rings is 2. The second-order valence-corrected chi connectivity index (χ2v) is 7.58. The number of imidazole rings is 1. The molecule has 0 bridgehead atoms. The number of nitrogens with one attached hydrogen (secondary N) is 1. The average molecular weight is 429 g/mol. The summed E-state index contributed by atoms with van der Waals surface area (Å²) in [6.45, 7) is 3.05. The monoisotopic (exact) mass is 429 g/mol. The van der Waals surface area contributed by atoms with Crippen molar-refractivity contribution in [1.82, 2.24) is 14.1 Å². The van der Waals surface area contributed by atoms with E-state index in [1.165, 1.54) is 9.13 Å². The van der Waals surface area contributed by atoms with Gasteiger partial charge >= 0.3 is 5.69 Å². The lowest BCUT2D eigenvalue weighted by Gasteiger charge is -2.28. The van der Waals surface area contributed by atoms with E-state index in [4.69, 9.17) is 4.74 Å². The molecular formula is C24H23N5O3. The zero-order chi connectivity index (χ0) is 21.9. The summed E-state index contributed by atoms with van der Waals surface area (Å²) in [7, 11) is 0. The summed E-state index contributed by atoms with van der Waals surface area (Å²) in [5.41, 5.74) is 3.32. The van der Waals surface area contributed by atoms with E-state index in [1.54, 1.807) is 18.3 Å². The molecule has 8 heteroatoms. The molecule has 0 saturated carbocycles. The van der Waals surface area contributed by atoms with Gasteiger partial charge in [-0.15, -0.1) is 0 Å². The standard InChI is InChI=1S/C24H23N5O3/c30-22(26-18-8-10-19(11-9-18)27-13-15-32-16-14-27)17-28-21-7-4-12-25-23(21)29(24(28)31)20-5-2-1-3-6-20/h1-12H,13-17H2,(H,26,30). The van der Waals surface area contributed by atoms with Crippen LogP contribution in [0.15, 0.2) is 77.7 Å². The molecule has 8 nitrogen and oxygen atoms in total. The number of nitrogens with zero attached hydrogens (tertiary/aromatic N) is 4. The van der Waals surface area contributed by atoms with Crippen molar-refractivity contribution in [2.24, 2.45) is 0 Å². The second kappa shape index (κ2) is 8.68. The molecular weight excluding hydrogens is 406 g/mol. The van der Waals surface area contributed by atoms with Crippen LogP contribution in [0.4, 0.5) is 11.4 Å². The SMILES string of the molecule is O=C(Cn1c(=O)n(-c2ccccc2)c2ncccc21)Nc1ccc(N2CCOCC2)cc1. The highest BCUT2D eigenvalue weighted by atomic mass is 16.5. The predicted molar refractivity (Wildman–Crippen MR) is 123 cm³/mol. The molecule has 1 fully saturated rings. The van der Waals surface area contributed by atoms with Crippen LogP contribution >= 0.6 is 0 Å². The summed E-state index contributed by atoms with van der Waals surface area (Å²) in [5, 5.41) is 2.89. The van der Waals surface area contributed by atoms with Gasteiger partial charge in [-0.25, -0.2) is 14.3 Å². The van der Waals surface area contributed by atoms with Gasteiger partial charge in [0.1, 0.15) is 6.54 Å². The summed E-state index contributed by atoms with van der Waals surface area (Å²) < 4.78 is 8.37. The third-order valence-corrected chi connectivity index (χ3v) is 5.53. The number of ether oxygens (including phenoxy) is 1. The van der Waals surface area contributed by atoms with Crippen LogP contribution in [0, 0.1) is 0 Å².